The Morgan fingerprint density at radius 3 is 2.67 bits per heavy atom. The molecular weight excluding hydrogens is 114 g/mol. The molecule has 46 valence electrons. The van der Waals surface area contributed by atoms with E-state index in [2.05, 4.69) is 0 Å². The van der Waals surface area contributed by atoms with E-state index < -0.39 is 0 Å². The second-order valence-electron chi connectivity index (χ2n) is 1.96. The molecule has 0 radical (unpaired) electrons. The van der Waals surface area contributed by atoms with Crippen LogP contribution in [0.25, 0.3) is 0 Å². The highest BCUT2D eigenvalue weighted by molar-refractivity contribution is 5.30. The summed E-state index contributed by atoms with van der Waals surface area (Å²) >= 11 is 0. The molecule has 0 spiro atoms. The predicted octanol–water partition coefficient (Wildman–Crippen LogP) is 1.67. The van der Waals surface area contributed by atoms with Crippen LogP contribution in [-0.2, 0) is 0 Å². The number of rotatable bonds is 0. The summed E-state index contributed by atoms with van der Waals surface area (Å²) in [6.07, 6.45) is 4.51. The summed E-state index contributed by atoms with van der Waals surface area (Å²) < 4.78 is 0. The highest BCUT2D eigenvalue weighted by Crippen LogP contribution is 2.14. The van der Waals surface area contributed by atoms with Crippen molar-refractivity contribution in [3.8, 4) is 6.07 Å². The molecule has 9 heavy (non-hydrogen) atoms. The van der Waals surface area contributed by atoms with Crippen LogP contribution in [0.1, 0.15) is 12.8 Å². The first-order valence-electron chi connectivity index (χ1n) is 2.82. The molecule has 0 saturated carbocycles. The number of nitriles is 1. The molecular formula is C7H7NO. The third-order valence-corrected chi connectivity index (χ3v) is 1.27. The molecule has 0 unspecified atom stereocenters. The molecule has 2 heteroatoms. The van der Waals surface area contributed by atoms with Crippen LogP contribution in [-0.4, -0.2) is 5.11 Å². The average Bonchev–Trinajstić information content (AvgIpc) is 1.90. The van der Waals surface area contributed by atoms with Crippen molar-refractivity contribution in [2.24, 2.45) is 0 Å². The fraction of sp³-hybridized carbons (Fsp3) is 0.286. The van der Waals surface area contributed by atoms with Crippen molar-refractivity contribution >= 4 is 0 Å². The Morgan fingerprint density at radius 1 is 1.44 bits per heavy atom. The van der Waals surface area contributed by atoms with Crippen molar-refractivity contribution < 1.29 is 5.11 Å². The lowest BCUT2D eigenvalue weighted by Crippen LogP contribution is -1.89. The molecule has 0 aromatic carbocycles. The molecule has 0 aromatic heterocycles. The van der Waals surface area contributed by atoms with E-state index in [9.17, 15) is 0 Å². The van der Waals surface area contributed by atoms with Gasteiger partial charge in [0.25, 0.3) is 0 Å². The lowest BCUT2D eigenvalue weighted by Gasteiger charge is -2.02. The summed E-state index contributed by atoms with van der Waals surface area (Å²) in [7, 11) is 0. The first-order chi connectivity index (χ1) is 4.33. The molecule has 0 atom stereocenters. The van der Waals surface area contributed by atoms with Crippen LogP contribution >= 0.6 is 0 Å². The number of allylic oxidation sites excluding steroid dienone is 4. The van der Waals surface area contributed by atoms with E-state index >= 15 is 0 Å². The van der Waals surface area contributed by atoms with Crippen molar-refractivity contribution in [1.82, 2.24) is 0 Å². The van der Waals surface area contributed by atoms with Gasteiger partial charge in [0.1, 0.15) is 0 Å². The Bertz CT molecular complexity index is 207. The van der Waals surface area contributed by atoms with Gasteiger partial charge in [-0.05, 0) is 18.6 Å². The highest BCUT2D eigenvalue weighted by Gasteiger charge is 2.02. The van der Waals surface area contributed by atoms with Gasteiger partial charge < -0.3 is 5.11 Å². The topological polar surface area (TPSA) is 44.0 Å². The van der Waals surface area contributed by atoms with Crippen molar-refractivity contribution in [3.05, 3.63) is 23.5 Å². The molecule has 1 N–H and O–H groups in total. The van der Waals surface area contributed by atoms with Crippen LogP contribution in [0.15, 0.2) is 23.5 Å². The Balaban J connectivity index is 2.73. The molecule has 1 rings (SSSR count). The Morgan fingerprint density at radius 2 is 2.22 bits per heavy atom. The zero-order valence-electron chi connectivity index (χ0n) is 4.96. The molecule has 0 aromatic rings. The van der Waals surface area contributed by atoms with E-state index in [1.807, 2.05) is 6.07 Å². The van der Waals surface area contributed by atoms with Crippen LogP contribution in [0.4, 0.5) is 0 Å². The van der Waals surface area contributed by atoms with Gasteiger partial charge in [0.05, 0.1) is 11.8 Å². The molecule has 1 aliphatic carbocycles. The molecule has 0 heterocycles. The average molecular weight is 121 g/mol. The molecule has 0 bridgehead atoms. The quantitative estimate of drug-likeness (QED) is 0.529. The van der Waals surface area contributed by atoms with Crippen LogP contribution < -0.4 is 0 Å². The SMILES string of the molecule is N#CC1=CC=C(O)CC1. The first-order valence-corrected chi connectivity index (χ1v) is 2.82. The molecule has 0 fully saturated rings. The fourth-order valence-corrected chi connectivity index (χ4v) is 0.719. The van der Waals surface area contributed by atoms with Gasteiger partial charge in [-0.2, -0.15) is 5.26 Å². The normalized spacial score (nSPS) is 17.7. The van der Waals surface area contributed by atoms with Crippen molar-refractivity contribution in [1.29, 1.82) is 5.26 Å². The van der Waals surface area contributed by atoms with Gasteiger partial charge in [-0.15, -0.1) is 0 Å². The summed E-state index contributed by atoms with van der Waals surface area (Å²) in [4.78, 5) is 0. The van der Waals surface area contributed by atoms with Gasteiger partial charge in [0.15, 0.2) is 0 Å². The van der Waals surface area contributed by atoms with E-state index in [4.69, 9.17) is 10.4 Å². The largest absolute Gasteiger partial charge is 0.512 e. The third kappa shape index (κ3) is 1.33. The van der Waals surface area contributed by atoms with Crippen molar-refractivity contribution in [3.63, 3.8) is 0 Å². The maximum atomic E-state index is 8.83. The second-order valence-corrected chi connectivity index (χ2v) is 1.96. The Kier molecular flexibility index (Phi) is 1.55. The smallest absolute Gasteiger partial charge is 0.0947 e. The zero-order chi connectivity index (χ0) is 6.69. The minimum atomic E-state index is 0.369. The fourth-order valence-electron chi connectivity index (χ4n) is 0.719. The van der Waals surface area contributed by atoms with Gasteiger partial charge in [-0.1, -0.05) is 0 Å². The van der Waals surface area contributed by atoms with E-state index in [1.165, 1.54) is 0 Å². The van der Waals surface area contributed by atoms with Crippen molar-refractivity contribution in [2.75, 3.05) is 0 Å². The highest BCUT2D eigenvalue weighted by atomic mass is 16.3. The number of nitrogens with zero attached hydrogens (tertiary/aromatic N) is 1. The Labute approximate surface area is 53.7 Å². The zero-order valence-corrected chi connectivity index (χ0v) is 4.96. The molecule has 1 aliphatic rings. The maximum absolute atomic E-state index is 8.83. The summed E-state index contributed by atoms with van der Waals surface area (Å²) in [6.45, 7) is 0. The Hall–Kier alpha value is -1.23. The second kappa shape index (κ2) is 2.36. The minimum absolute atomic E-state index is 0.369. The monoisotopic (exact) mass is 121 g/mol. The summed E-state index contributed by atoms with van der Waals surface area (Å²) in [5.41, 5.74) is 0.743. The first kappa shape index (κ1) is 5.90. The summed E-state index contributed by atoms with van der Waals surface area (Å²) in [5.74, 6) is 0.369. The number of aliphatic hydroxyl groups is 1. The summed E-state index contributed by atoms with van der Waals surface area (Å²) in [6, 6.07) is 2.03. The minimum Gasteiger partial charge on any atom is -0.512 e. The van der Waals surface area contributed by atoms with Gasteiger partial charge in [0, 0.05) is 12.0 Å². The summed E-state index contributed by atoms with van der Waals surface area (Å²) in [5, 5.41) is 17.2. The predicted molar refractivity (Wildman–Crippen MR) is 33.6 cm³/mol. The molecule has 0 amide bonds. The van der Waals surface area contributed by atoms with E-state index in [1.54, 1.807) is 12.2 Å². The maximum Gasteiger partial charge on any atom is 0.0947 e. The van der Waals surface area contributed by atoms with E-state index in [-0.39, 0.29) is 0 Å². The number of hydrogen-bond acceptors (Lipinski definition) is 2. The van der Waals surface area contributed by atoms with E-state index in [0.29, 0.717) is 18.6 Å². The van der Waals surface area contributed by atoms with Crippen molar-refractivity contribution in [2.45, 2.75) is 12.8 Å². The molecule has 0 saturated heterocycles. The lowest BCUT2D eigenvalue weighted by atomic mass is 10.1. The molecule has 0 aliphatic heterocycles. The van der Waals surface area contributed by atoms with E-state index in [0.717, 1.165) is 5.57 Å². The van der Waals surface area contributed by atoms with Crippen LogP contribution in [0.5, 0.6) is 0 Å². The number of hydrogen-bond donors (Lipinski definition) is 1. The van der Waals surface area contributed by atoms with Crippen LogP contribution in [0, 0.1) is 11.3 Å². The third-order valence-electron chi connectivity index (χ3n) is 1.27. The molecule has 2 nitrogen and oxygen atoms in total. The van der Waals surface area contributed by atoms with Gasteiger partial charge >= 0.3 is 0 Å². The van der Waals surface area contributed by atoms with Gasteiger partial charge in [-0.3, -0.25) is 0 Å². The van der Waals surface area contributed by atoms with Crippen LogP contribution in [0.2, 0.25) is 0 Å². The van der Waals surface area contributed by atoms with Crippen LogP contribution in [0.3, 0.4) is 0 Å². The lowest BCUT2D eigenvalue weighted by molar-refractivity contribution is 0.386. The van der Waals surface area contributed by atoms with Gasteiger partial charge in [-0.25, -0.2) is 0 Å². The number of aliphatic hydroxyl groups excluding tert-OH is 1. The standard InChI is InChI=1S/C7H7NO/c8-5-6-1-3-7(9)4-2-6/h1,3,9H,2,4H2. The van der Waals surface area contributed by atoms with Gasteiger partial charge in [0.2, 0.25) is 0 Å².